The second-order valence-corrected chi connectivity index (χ2v) is 2.83. The third-order valence-corrected chi connectivity index (χ3v) is 1.29. The Morgan fingerprint density at radius 1 is 1.88 bits per heavy atom. The lowest BCUT2D eigenvalue weighted by atomic mass is 10.9. The maximum atomic E-state index is 10.1. The summed E-state index contributed by atoms with van der Waals surface area (Å²) >= 11 is 4.10. The summed E-state index contributed by atoms with van der Waals surface area (Å²) in [7, 11) is -2.20. The van der Waals surface area contributed by atoms with E-state index in [1.54, 1.807) is 6.92 Å². The van der Waals surface area contributed by atoms with Crippen molar-refractivity contribution in [3.05, 3.63) is 0 Å². The van der Waals surface area contributed by atoms with Gasteiger partial charge < -0.3 is 4.74 Å². The Labute approximate surface area is 53.7 Å². The smallest absolute Gasteiger partial charge is 0.397 e. The molecule has 48 valence electrons. The molecule has 0 aliphatic carbocycles. The van der Waals surface area contributed by atoms with E-state index in [9.17, 15) is 9.00 Å². The summed E-state index contributed by atoms with van der Waals surface area (Å²) in [4.78, 5) is 10.1. The molecule has 3 nitrogen and oxygen atoms in total. The number of rotatable bonds is 1. The Kier molecular flexibility index (Phi) is 3.72. The summed E-state index contributed by atoms with van der Waals surface area (Å²) < 4.78 is 14.3. The van der Waals surface area contributed by atoms with Crippen LogP contribution < -0.4 is 0 Å². The lowest BCUT2D eigenvalue weighted by Crippen LogP contribution is -2.01. The Morgan fingerprint density at radius 2 is 2.38 bits per heavy atom. The maximum Gasteiger partial charge on any atom is 0.397 e. The third-order valence-electron chi connectivity index (χ3n) is 0.417. The number of thiol groups is 1. The molecule has 0 radical (unpaired) electrons. The van der Waals surface area contributed by atoms with Crippen LogP contribution in [0.5, 0.6) is 0 Å². The van der Waals surface area contributed by atoms with Gasteiger partial charge in [0.25, 0.3) is 0 Å². The molecule has 0 bridgehead atoms. The molecule has 0 spiro atoms. The molecular weight excluding hydrogens is 148 g/mol. The minimum absolute atomic E-state index is 0.233. The molecule has 5 heteroatoms. The van der Waals surface area contributed by atoms with Crippen LogP contribution in [0.25, 0.3) is 0 Å². The highest BCUT2D eigenvalue weighted by Crippen LogP contribution is 1.79. The van der Waals surface area contributed by atoms with E-state index < -0.39 is 14.7 Å². The summed E-state index contributed by atoms with van der Waals surface area (Å²) in [5, 5.41) is -0.794. The van der Waals surface area contributed by atoms with E-state index in [0.717, 1.165) is 0 Å². The van der Waals surface area contributed by atoms with Crippen molar-refractivity contribution >= 4 is 25.8 Å². The van der Waals surface area contributed by atoms with Crippen LogP contribution >= 0.6 is 0 Å². The number of hydrogen-bond acceptors (Lipinski definition) is 4. The lowest BCUT2D eigenvalue weighted by Gasteiger charge is -1.90. The average Bonchev–Trinajstić information content (AvgIpc) is 1.67. The standard InChI is InChI=1S/C3H6O3S2/c1-2-6-3(4)8(5)7/h8H,2H2,1H3. The fraction of sp³-hybridized carbons (Fsp3) is 0.667. The fourth-order valence-corrected chi connectivity index (χ4v) is 0.569. The van der Waals surface area contributed by atoms with Crippen LogP contribution in [-0.4, -0.2) is 16.1 Å². The van der Waals surface area contributed by atoms with Gasteiger partial charge >= 0.3 is 5.30 Å². The van der Waals surface area contributed by atoms with Crippen molar-refractivity contribution in [2.45, 2.75) is 6.92 Å². The zero-order valence-corrected chi connectivity index (χ0v) is 6.00. The van der Waals surface area contributed by atoms with E-state index in [4.69, 9.17) is 0 Å². The quantitative estimate of drug-likeness (QED) is 0.429. The van der Waals surface area contributed by atoms with Gasteiger partial charge in [0.05, 0.1) is 6.61 Å². The molecule has 0 aliphatic heterocycles. The Balaban J connectivity index is 3.67. The van der Waals surface area contributed by atoms with Gasteiger partial charge in [-0.3, -0.25) is 0 Å². The predicted octanol–water partition coefficient (Wildman–Crippen LogP) is 0.0858. The van der Waals surface area contributed by atoms with E-state index in [-0.39, 0.29) is 6.61 Å². The molecule has 0 saturated heterocycles. The van der Waals surface area contributed by atoms with Crippen molar-refractivity contribution in [2.75, 3.05) is 6.61 Å². The molecule has 0 amide bonds. The van der Waals surface area contributed by atoms with Crippen molar-refractivity contribution < 1.29 is 13.7 Å². The van der Waals surface area contributed by atoms with E-state index in [2.05, 4.69) is 15.9 Å². The Bertz CT molecular complexity index is 141. The lowest BCUT2D eigenvalue weighted by molar-refractivity contribution is 0.180. The molecule has 0 aromatic carbocycles. The van der Waals surface area contributed by atoms with Crippen LogP contribution in [0.1, 0.15) is 6.92 Å². The van der Waals surface area contributed by atoms with Gasteiger partial charge in [0.2, 0.25) is 0 Å². The molecule has 0 N–H and O–H groups in total. The zero-order chi connectivity index (χ0) is 6.57. The summed E-state index contributed by atoms with van der Waals surface area (Å²) in [5.74, 6) is 0. The molecule has 0 aliphatic rings. The molecule has 1 unspecified atom stereocenters. The van der Waals surface area contributed by atoms with E-state index >= 15 is 0 Å². The van der Waals surface area contributed by atoms with E-state index in [1.165, 1.54) is 0 Å². The van der Waals surface area contributed by atoms with Crippen molar-refractivity contribution in [3.63, 3.8) is 0 Å². The van der Waals surface area contributed by atoms with Crippen LogP contribution in [0.2, 0.25) is 0 Å². The minimum Gasteiger partial charge on any atom is -0.456 e. The Morgan fingerprint density at radius 3 is 2.50 bits per heavy atom. The van der Waals surface area contributed by atoms with Gasteiger partial charge in [-0.25, -0.2) is 9.00 Å². The Hall–Kier alpha value is -0.160. The summed E-state index contributed by atoms with van der Waals surface area (Å²) in [6.45, 7) is 1.86. The molecule has 0 aromatic rings. The molecule has 0 aromatic heterocycles. The van der Waals surface area contributed by atoms with Gasteiger partial charge in [-0.15, -0.1) is 0 Å². The minimum atomic E-state index is -2.20. The zero-order valence-electron chi connectivity index (χ0n) is 4.29. The first kappa shape index (κ1) is 7.84. The molecule has 0 saturated carbocycles. The summed E-state index contributed by atoms with van der Waals surface area (Å²) in [6.07, 6.45) is 0. The topological polar surface area (TPSA) is 43.4 Å². The van der Waals surface area contributed by atoms with Crippen molar-refractivity contribution in [3.8, 4) is 0 Å². The van der Waals surface area contributed by atoms with Crippen molar-refractivity contribution in [1.82, 2.24) is 0 Å². The second kappa shape index (κ2) is 3.80. The average molecular weight is 154 g/mol. The van der Waals surface area contributed by atoms with Crippen LogP contribution in [-0.2, 0) is 25.3 Å². The van der Waals surface area contributed by atoms with Crippen LogP contribution in [0, 0.1) is 0 Å². The molecular formula is C3H6O3S2. The van der Waals surface area contributed by atoms with Crippen LogP contribution in [0.15, 0.2) is 0 Å². The first-order valence-electron chi connectivity index (χ1n) is 1.99. The summed E-state index contributed by atoms with van der Waals surface area (Å²) in [6, 6.07) is 0. The molecule has 1 atom stereocenters. The fourth-order valence-electron chi connectivity index (χ4n) is 0.176. The van der Waals surface area contributed by atoms with Gasteiger partial charge in [-0.1, -0.05) is 0 Å². The first-order chi connectivity index (χ1) is 3.68. The van der Waals surface area contributed by atoms with Crippen molar-refractivity contribution in [2.24, 2.45) is 0 Å². The monoisotopic (exact) mass is 154 g/mol. The van der Waals surface area contributed by atoms with Crippen LogP contribution in [0.4, 0.5) is 4.79 Å². The van der Waals surface area contributed by atoms with Gasteiger partial charge in [-0.2, -0.15) is 0 Å². The SMILES string of the molecule is CCOC(=O)[SH](=O)=S. The highest BCUT2D eigenvalue weighted by atomic mass is 32.8. The molecule has 8 heavy (non-hydrogen) atoms. The van der Waals surface area contributed by atoms with E-state index in [1.807, 2.05) is 0 Å². The van der Waals surface area contributed by atoms with Gasteiger partial charge in [0, 0.05) is 0 Å². The normalized spacial score (nSPS) is 12.6. The number of ether oxygens (including phenoxy) is 1. The molecule has 0 fully saturated rings. The first-order valence-corrected chi connectivity index (χ1v) is 4.27. The number of hydrogen-bond donors (Lipinski definition) is 1. The number of carbonyl (C=O) groups excluding carboxylic acids is 1. The van der Waals surface area contributed by atoms with E-state index in [0.29, 0.717) is 0 Å². The predicted molar refractivity (Wildman–Crippen MR) is 33.9 cm³/mol. The highest BCUT2D eigenvalue weighted by Gasteiger charge is 1.96. The van der Waals surface area contributed by atoms with Gasteiger partial charge in [0.1, 0.15) is 9.36 Å². The van der Waals surface area contributed by atoms with Crippen LogP contribution in [0.3, 0.4) is 0 Å². The highest BCUT2D eigenvalue weighted by molar-refractivity contribution is 8.29. The van der Waals surface area contributed by atoms with Gasteiger partial charge in [0.15, 0.2) is 0 Å². The maximum absolute atomic E-state index is 10.1. The number of carbonyl (C=O) groups is 1. The van der Waals surface area contributed by atoms with Crippen molar-refractivity contribution in [1.29, 1.82) is 0 Å². The van der Waals surface area contributed by atoms with Gasteiger partial charge in [-0.05, 0) is 18.1 Å². The third kappa shape index (κ3) is 2.92. The molecule has 0 rings (SSSR count). The summed E-state index contributed by atoms with van der Waals surface area (Å²) in [5.41, 5.74) is 0. The second-order valence-electron chi connectivity index (χ2n) is 0.956. The largest absolute Gasteiger partial charge is 0.456 e. The molecule has 0 heterocycles.